The number of hydrogen-bond acceptors (Lipinski definition) is 6. The normalized spacial score (nSPS) is 10.8. The third-order valence-electron chi connectivity index (χ3n) is 4.27. The number of aryl methyl sites for hydroxylation is 1. The summed E-state index contributed by atoms with van der Waals surface area (Å²) in [6, 6.07) is 10.4. The largest absolute Gasteiger partial charge is 0.490 e. The van der Waals surface area contributed by atoms with Crippen LogP contribution < -0.4 is 14.8 Å². The Hall–Kier alpha value is -3.29. The van der Waals surface area contributed by atoms with Crippen LogP contribution in [0, 0.1) is 13.8 Å². The molecule has 3 rings (SSSR count). The van der Waals surface area contributed by atoms with Crippen LogP contribution in [0.2, 0.25) is 0 Å². The SMILES string of the molecule is CCOc1cc(CNc2nc(-c3ccccn3)nc(C)c2C)ccc1OC(F)F. The van der Waals surface area contributed by atoms with E-state index in [0.29, 0.717) is 30.5 Å². The minimum absolute atomic E-state index is 0.0112. The number of anilines is 1. The Labute approximate surface area is 168 Å². The summed E-state index contributed by atoms with van der Waals surface area (Å²) in [4.78, 5) is 13.4. The van der Waals surface area contributed by atoms with Crippen LogP contribution in [0.15, 0.2) is 42.6 Å². The zero-order valence-electron chi connectivity index (χ0n) is 16.4. The number of nitrogens with one attached hydrogen (secondary N) is 1. The van der Waals surface area contributed by atoms with Gasteiger partial charge in [0, 0.05) is 24.0 Å². The number of alkyl halides is 2. The predicted octanol–water partition coefficient (Wildman–Crippen LogP) is 4.77. The Morgan fingerprint density at radius 2 is 1.90 bits per heavy atom. The molecule has 0 spiro atoms. The lowest BCUT2D eigenvalue weighted by atomic mass is 10.2. The molecule has 2 aromatic heterocycles. The van der Waals surface area contributed by atoms with Crippen molar-refractivity contribution >= 4 is 5.82 Å². The molecule has 1 aromatic carbocycles. The van der Waals surface area contributed by atoms with Crippen LogP contribution in [0.4, 0.5) is 14.6 Å². The molecule has 0 radical (unpaired) electrons. The van der Waals surface area contributed by atoms with Gasteiger partial charge >= 0.3 is 6.61 Å². The fourth-order valence-corrected chi connectivity index (χ4v) is 2.72. The van der Waals surface area contributed by atoms with Crippen molar-refractivity contribution in [1.29, 1.82) is 0 Å². The Morgan fingerprint density at radius 3 is 2.59 bits per heavy atom. The van der Waals surface area contributed by atoms with E-state index in [4.69, 9.17) is 4.74 Å². The smallest absolute Gasteiger partial charge is 0.387 e. The number of hydrogen-bond donors (Lipinski definition) is 1. The molecule has 0 saturated carbocycles. The molecule has 0 aliphatic carbocycles. The van der Waals surface area contributed by atoms with Gasteiger partial charge in [-0.25, -0.2) is 9.97 Å². The molecule has 3 aromatic rings. The number of benzene rings is 1. The van der Waals surface area contributed by atoms with Crippen molar-refractivity contribution in [3.05, 3.63) is 59.4 Å². The van der Waals surface area contributed by atoms with E-state index in [9.17, 15) is 8.78 Å². The fraction of sp³-hybridized carbons (Fsp3) is 0.286. The number of pyridine rings is 1. The van der Waals surface area contributed by atoms with Crippen LogP contribution in [0.25, 0.3) is 11.5 Å². The number of rotatable bonds is 8. The van der Waals surface area contributed by atoms with E-state index in [2.05, 4.69) is 25.0 Å². The van der Waals surface area contributed by atoms with Gasteiger partial charge in [-0.15, -0.1) is 0 Å². The van der Waals surface area contributed by atoms with E-state index in [1.165, 1.54) is 6.07 Å². The van der Waals surface area contributed by atoms with Crippen molar-refractivity contribution in [3.63, 3.8) is 0 Å². The van der Waals surface area contributed by atoms with Gasteiger partial charge in [-0.2, -0.15) is 8.78 Å². The molecule has 0 unspecified atom stereocenters. The zero-order valence-corrected chi connectivity index (χ0v) is 16.4. The van der Waals surface area contributed by atoms with Gasteiger partial charge in [0.1, 0.15) is 11.5 Å². The van der Waals surface area contributed by atoms with E-state index < -0.39 is 6.61 Å². The van der Waals surface area contributed by atoms with E-state index in [0.717, 1.165) is 16.8 Å². The maximum atomic E-state index is 12.6. The average Bonchev–Trinajstić information content (AvgIpc) is 2.71. The highest BCUT2D eigenvalue weighted by Gasteiger charge is 2.13. The minimum atomic E-state index is -2.91. The topological polar surface area (TPSA) is 69.2 Å². The van der Waals surface area contributed by atoms with Crippen LogP contribution in [-0.2, 0) is 6.54 Å². The molecule has 29 heavy (non-hydrogen) atoms. The Bertz CT molecular complexity index is 968. The highest BCUT2D eigenvalue weighted by Crippen LogP contribution is 2.30. The van der Waals surface area contributed by atoms with Gasteiger partial charge in [-0.05, 0) is 50.6 Å². The molecule has 8 heteroatoms. The molecule has 152 valence electrons. The average molecular weight is 400 g/mol. The van der Waals surface area contributed by atoms with Crippen LogP contribution in [0.1, 0.15) is 23.7 Å². The maximum absolute atomic E-state index is 12.6. The predicted molar refractivity (Wildman–Crippen MR) is 106 cm³/mol. The lowest BCUT2D eigenvalue weighted by molar-refractivity contribution is -0.0514. The summed E-state index contributed by atoms with van der Waals surface area (Å²) in [6.45, 7) is 3.49. The number of aromatic nitrogens is 3. The molecular weight excluding hydrogens is 378 g/mol. The van der Waals surface area contributed by atoms with Gasteiger partial charge in [0.2, 0.25) is 0 Å². The number of halogens is 2. The Morgan fingerprint density at radius 1 is 1.07 bits per heavy atom. The molecule has 0 aliphatic heterocycles. The highest BCUT2D eigenvalue weighted by atomic mass is 19.3. The van der Waals surface area contributed by atoms with Gasteiger partial charge in [0.05, 0.1) is 6.61 Å². The first-order valence-electron chi connectivity index (χ1n) is 9.19. The van der Waals surface area contributed by atoms with E-state index >= 15 is 0 Å². The van der Waals surface area contributed by atoms with Crippen LogP contribution in [0.5, 0.6) is 11.5 Å². The minimum Gasteiger partial charge on any atom is -0.490 e. The summed E-state index contributed by atoms with van der Waals surface area (Å²) < 4.78 is 35.1. The first kappa shape index (κ1) is 20.4. The standard InChI is InChI=1S/C21H22F2N4O2/c1-4-28-18-11-15(8-9-17(18)29-21(22)23)12-25-19-13(2)14(3)26-20(27-19)16-7-5-6-10-24-16/h5-11,21H,4,12H2,1-3H3,(H,25,26,27). The number of nitrogens with zero attached hydrogens (tertiary/aromatic N) is 3. The number of ether oxygens (including phenoxy) is 2. The summed E-state index contributed by atoms with van der Waals surface area (Å²) in [6.07, 6.45) is 1.69. The van der Waals surface area contributed by atoms with E-state index in [1.807, 2.05) is 32.0 Å². The molecule has 2 heterocycles. The molecular formula is C21H22F2N4O2. The quantitative estimate of drug-likeness (QED) is 0.588. The van der Waals surface area contributed by atoms with Crippen molar-refractivity contribution in [2.45, 2.75) is 33.9 Å². The molecule has 0 aliphatic rings. The molecule has 0 saturated heterocycles. The van der Waals surface area contributed by atoms with Crippen molar-refractivity contribution < 1.29 is 18.3 Å². The second-order valence-electron chi connectivity index (χ2n) is 6.27. The first-order valence-corrected chi connectivity index (χ1v) is 9.19. The summed E-state index contributed by atoms with van der Waals surface area (Å²) in [7, 11) is 0. The maximum Gasteiger partial charge on any atom is 0.387 e. The van der Waals surface area contributed by atoms with Crippen LogP contribution >= 0.6 is 0 Å². The molecule has 0 amide bonds. The monoisotopic (exact) mass is 400 g/mol. The second-order valence-corrected chi connectivity index (χ2v) is 6.27. The van der Waals surface area contributed by atoms with Gasteiger partial charge in [0.25, 0.3) is 0 Å². The summed E-state index contributed by atoms with van der Waals surface area (Å²) in [5.74, 6) is 1.50. The van der Waals surface area contributed by atoms with Crippen LogP contribution in [-0.4, -0.2) is 28.2 Å². The van der Waals surface area contributed by atoms with Crippen molar-refractivity contribution in [2.75, 3.05) is 11.9 Å². The summed E-state index contributed by atoms with van der Waals surface area (Å²) in [5, 5.41) is 3.29. The summed E-state index contributed by atoms with van der Waals surface area (Å²) >= 11 is 0. The zero-order chi connectivity index (χ0) is 20.8. The lowest BCUT2D eigenvalue weighted by Crippen LogP contribution is -2.08. The molecule has 0 atom stereocenters. The Kier molecular flexibility index (Phi) is 6.54. The molecule has 1 N–H and O–H groups in total. The van der Waals surface area contributed by atoms with E-state index in [1.54, 1.807) is 25.3 Å². The van der Waals surface area contributed by atoms with E-state index in [-0.39, 0.29) is 11.5 Å². The Balaban J connectivity index is 1.82. The van der Waals surface area contributed by atoms with Gasteiger partial charge in [0.15, 0.2) is 17.3 Å². The third-order valence-corrected chi connectivity index (χ3v) is 4.27. The van der Waals surface area contributed by atoms with Crippen molar-refractivity contribution in [3.8, 4) is 23.0 Å². The molecule has 0 bridgehead atoms. The van der Waals surface area contributed by atoms with Crippen molar-refractivity contribution in [1.82, 2.24) is 15.0 Å². The third kappa shape index (κ3) is 5.16. The molecule has 0 fully saturated rings. The fourth-order valence-electron chi connectivity index (χ4n) is 2.72. The molecule has 6 nitrogen and oxygen atoms in total. The lowest BCUT2D eigenvalue weighted by Gasteiger charge is -2.15. The van der Waals surface area contributed by atoms with Gasteiger partial charge in [-0.1, -0.05) is 12.1 Å². The van der Waals surface area contributed by atoms with Crippen LogP contribution in [0.3, 0.4) is 0 Å². The van der Waals surface area contributed by atoms with Crippen molar-refractivity contribution in [2.24, 2.45) is 0 Å². The van der Waals surface area contributed by atoms with Gasteiger partial charge in [-0.3, -0.25) is 4.98 Å². The van der Waals surface area contributed by atoms with Gasteiger partial charge < -0.3 is 14.8 Å². The highest BCUT2D eigenvalue weighted by molar-refractivity contribution is 5.56. The summed E-state index contributed by atoms with van der Waals surface area (Å²) in [5.41, 5.74) is 3.29. The second kappa shape index (κ2) is 9.27. The first-order chi connectivity index (χ1) is 14.0.